The topological polar surface area (TPSA) is 77.5 Å². The fourth-order valence-electron chi connectivity index (χ4n) is 2.33. The Morgan fingerprint density at radius 3 is 2.62 bits per heavy atom. The summed E-state index contributed by atoms with van der Waals surface area (Å²) >= 11 is 0. The Balaban J connectivity index is 2.30. The third kappa shape index (κ3) is 3.51. The van der Waals surface area contributed by atoms with Gasteiger partial charge >= 0.3 is 5.97 Å². The van der Waals surface area contributed by atoms with Crippen LogP contribution < -0.4 is 10.1 Å². The van der Waals surface area contributed by atoms with Crippen LogP contribution in [0.1, 0.15) is 39.2 Å². The lowest BCUT2D eigenvalue weighted by Gasteiger charge is -2.18. The number of benzene rings is 1. The molecule has 1 unspecified atom stereocenters. The van der Waals surface area contributed by atoms with Gasteiger partial charge in [0.1, 0.15) is 11.6 Å². The van der Waals surface area contributed by atoms with E-state index in [1.54, 1.807) is 13.0 Å². The number of hydrogen-bond donors (Lipinski definition) is 1. The number of carbonyl (C=O) groups excluding carboxylic acids is 2. The van der Waals surface area contributed by atoms with Gasteiger partial charge in [-0.2, -0.15) is 0 Å². The predicted octanol–water partition coefficient (Wildman–Crippen LogP) is 2.51. The SMILES string of the molecule is COC(=O)c1cnccc1C(=O)NC(C)c1c(F)cccc1OC. The van der Waals surface area contributed by atoms with Crippen LogP contribution in [0.2, 0.25) is 0 Å². The third-order valence-corrected chi connectivity index (χ3v) is 3.48. The maximum absolute atomic E-state index is 14.1. The summed E-state index contributed by atoms with van der Waals surface area (Å²) < 4.78 is 23.9. The van der Waals surface area contributed by atoms with Gasteiger partial charge in [0.2, 0.25) is 0 Å². The van der Waals surface area contributed by atoms with Crippen molar-refractivity contribution >= 4 is 11.9 Å². The zero-order valence-corrected chi connectivity index (χ0v) is 13.5. The van der Waals surface area contributed by atoms with Crippen LogP contribution in [0.4, 0.5) is 4.39 Å². The molecule has 1 aromatic heterocycles. The first-order valence-corrected chi connectivity index (χ1v) is 7.15. The van der Waals surface area contributed by atoms with Gasteiger partial charge in [0.05, 0.1) is 37.0 Å². The lowest BCUT2D eigenvalue weighted by Crippen LogP contribution is -2.29. The second kappa shape index (κ2) is 7.54. The van der Waals surface area contributed by atoms with Crippen LogP contribution in [0.5, 0.6) is 5.75 Å². The molecular formula is C17H17FN2O4. The fraction of sp³-hybridized carbons (Fsp3) is 0.235. The highest BCUT2D eigenvalue weighted by Crippen LogP contribution is 2.28. The fourth-order valence-corrected chi connectivity index (χ4v) is 2.33. The van der Waals surface area contributed by atoms with Crippen molar-refractivity contribution in [2.45, 2.75) is 13.0 Å². The summed E-state index contributed by atoms with van der Waals surface area (Å²) in [5.41, 5.74) is 0.353. The van der Waals surface area contributed by atoms with Gasteiger partial charge in [-0.1, -0.05) is 6.07 Å². The van der Waals surface area contributed by atoms with Gasteiger partial charge in [-0.05, 0) is 25.1 Å². The summed E-state index contributed by atoms with van der Waals surface area (Å²) in [5, 5.41) is 2.65. The van der Waals surface area contributed by atoms with E-state index in [1.165, 1.54) is 44.8 Å². The Morgan fingerprint density at radius 2 is 1.96 bits per heavy atom. The summed E-state index contributed by atoms with van der Waals surface area (Å²) in [5.74, 6) is -1.39. The van der Waals surface area contributed by atoms with Crippen molar-refractivity contribution in [3.63, 3.8) is 0 Å². The molecule has 0 bridgehead atoms. The lowest BCUT2D eigenvalue weighted by molar-refractivity contribution is 0.0595. The summed E-state index contributed by atoms with van der Waals surface area (Å²) in [6.07, 6.45) is 2.63. The molecule has 7 heteroatoms. The molecule has 1 amide bonds. The maximum Gasteiger partial charge on any atom is 0.340 e. The number of ether oxygens (including phenoxy) is 2. The molecule has 1 atom stereocenters. The number of hydrogen-bond acceptors (Lipinski definition) is 5. The van der Waals surface area contributed by atoms with E-state index in [2.05, 4.69) is 15.0 Å². The molecule has 0 radical (unpaired) electrons. The number of nitrogens with one attached hydrogen (secondary N) is 1. The second-order valence-corrected chi connectivity index (χ2v) is 4.96. The molecule has 0 saturated carbocycles. The molecule has 24 heavy (non-hydrogen) atoms. The number of aromatic nitrogens is 1. The van der Waals surface area contributed by atoms with Crippen LogP contribution in [0.3, 0.4) is 0 Å². The molecule has 1 aromatic carbocycles. The van der Waals surface area contributed by atoms with E-state index >= 15 is 0 Å². The van der Waals surface area contributed by atoms with Crippen LogP contribution >= 0.6 is 0 Å². The smallest absolute Gasteiger partial charge is 0.340 e. The molecule has 0 aliphatic carbocycles. The number of halogens is 1. The molecule has 6 nitrogen and oxygen atoms in total. The second-order valence-electron chi connectivity index (χ2n) is 4.96. The Bertz CT molecular complexity index is 764. The summed E-state index contributed by atoms with van der Waals surface area (Å²) in [6.45, 7) is 1.62. The summed E-state index contributed by atoms with van der Waals surface area (Å²) in [7, 11) is 2.63. The van der Waals surface area contributed by atoms with Crippen LogP contribution in [-0.2, 0) is 4.74 Å². The quantitative estimate of drug-likeness (QED) is 0.851. The number of nitrogens with zero attached hydrogens (tertiary/aromatic N) is 1. The highest BCUT2D eigenvalue weighted by Gasteiger charge is 2.22. The van der Waals surface area contributed by atoms with Gasteiger partial charge in [-0.15, -0.1) is 0 Å². The van der Waals surface area contributed by atoms with E-state index < -0.39 is 23.7 Å². The van der Waals surface area contributed by atoms with Crippen LogP contribution in [-0.4, -0.2) is 31.1 Å². The Morgan fingerprint density at radius 1 is 1.21 bits per heavy atom. The third-order valence-electron chi connectivity index (χ3n) is 3.48. The molecule has 0 aliphatic rings. The van der Waals surface area contributed by atoms with E-state index in [4.69, 9.17) is 4.74 Å². The van der Waals surface area contributed by atoms with E-state index in [1.807, 2.05) is 0 Å². The first-order chi connectivity index (χ1) is 11.5. The van der Waals surface area contributed by atoms with Gasteiger partial charge < -0.3 is 14.8 Å². The van der Waals surface area contributed by atoms with Gasteiger partial charge in [0.25, 0.3) is 5.91 Å². The Hall–Kier alpha value is -2.96. The zero-order valence-electron chi connectivity index (χ0n) is 13.5. The van der Waals surface area contributed by atoms with E-state index in [0.29, 0.717) is 5.75 Å². The van der Waals surface area contributed by atoms with Crippen LogP contribution in [0, 0.1) is 5.82 Å². The van der Waals surface area contributed by atoms with E-state index in [-0.39, 0.29) is 16.7 Å². The lowest BCUT2D eigenvalue weighted by atomic mass is 10.0. The molecule has 2 aromatic rings. The molecule has 2 rings (SSSR count). The number of methoxy groups -OCH3 is 2. The van der Waals surface area contributed by atoms with Crippen LogP contribution in [0.25, 0.3) is 0 Å². The molecule has 0 fully saturated rings. The molecule has 0 aliphatic heterocycles. The molecular weight excluding hydrogens is 315 g/mol. The molecule has 0 spiro atoms. The largest absolute Gasteiger partial charge is 0.496 e. The van der Waals surface area contributed by atoms with Gasteiger partial charge in [-0.25, -0.2) is 9.18 Å². The molecule has 126 valence electrons. The van der Waals surface area contributed by atoms with E-state index in [0.717, 1.165) is 0 Å². The molecule has 1 heterocycles. The standard InChI is InChI=1S/C17H17FN2O4/c1-10(15-13(18)5-4-6-14(15)23-2)20-16(21)11-7-8-19-9-12(11)17(22)24-3/h4-10H,1-3H3,(H,20,21). The van der Waals surface area contributed by atoms with Crippen molar-refractivity contribution in [1.82, 2.24) is 10.3 Å². The monoisotopic (exact) mass is 332 g/mol. The Labute approximate surface area is 138 Å². The number of pyridine rings is 1. The maximum atomic E-state index is 14.1. The molecule has 0 saturated heterocycles. The highest BCUT2D eigenvalue weighted by atomic mass is 19.1. The minimum Gasteiger partial charge on any atom is -0.496 e. The van der Waals surface area contributed by atoms with Crippen molar-refractivity contribution in [1.29, 1.82) is 0 Å². The van der Waals surface area contributed by atoms with Crippen molar-refractivity contribution in [3.05, 3.63) is 59.2 Å². The molecule has 1 N–H and O–H groups in total. The average molecular weight is 332 g/mol. The number of carbonyl (C=O) groups is 2. The van der Waals surface area contributed by atoms with Gasteiger partial charge in [0.15, 0.2) is 0 Å². The van der Waals surface area contributed by atoms with Gasteiger partial charge in [-0.3, -0.25) is 9.78 Å². The highest BCUT2D eigenvalue weighted by molar-refractivity contribution is 6.05. The first-order valence-electron chi connectivity index (χ1n) is 7.15. The zero-order chi connectivity index (χ0) is 17.7. The Kier molecular flexibility index (Phi) is 5.47. The van der Waals surface area contributed by atoms with Crippen molar-refractivity contribution in [2.24, 2.45) is 0 Å². The summed E-state index contributed by atoms with van der Waals surface area (Å²) in [4.78, 5) is 28.0. The summed E-state index contributed by atoms with van der Waals surface area (Å²) in [6, 6.07) is 5.13. The first kappa shape index (κ1) is 17.4. The van der Waals surface area contributed by atoms with Crippen molar-refractivity contribution in [3.8, 4) is 5.75 Å². The minimum atomic E-state index is -0.677. The van der Waals surface area contributed by atoms with Crippen molar-refractivity contribution in [2.75, 3.05) is 14.2 Å². The number of rotatable bonds is 5. The average Bonchev–Trinajstić information content (AvgIpc) is 2.60. The predicted molar refractivity (Wildman–Crippen MR) is 84.4 cm³/mol. The number of esters is 1. The van der Waals surface area contributed by atoms with Crippen LogP contribution in [0.15, 0.2) is 36.7 Å². The van der Waals surface area contributed by atoms with E-state index in [9.17, 15) is 14.0 Å². The van der Waals surface area contributed by atoms with Gasteiger partial charge in [0, 0.05) is 12.4 Å². The normalized spacial score (nSPS) is 11.5. The minimum absolute atomic E-state index is 0.0326. The van der Waals surface area contributed by atoms with Crippen molar-refractivity contribution < 1.29 is 23.5 Å². The number of amides is 1.